The first-order chi connectivity index (χ1) is 36.9. The zero-order valence-corrected chi connectivity index (χ0v) is 41.4. The summed E-state index contributed by atoms with van der Waals surface area (Å²) < 4.78 is 0. The molecule has 0 saturated carbocycles. The minimum atomic E-state index is -0.220. The lowest BCUT2D eigenvalue weighted by molar-refractivity contribution is 0.662. The Balaban J connectivity index is 0.922. The van der Waals surface area contributed by atoms with Gasteiger partial charge in [0.05, 0.1) is 11.2 Å². The van der Waals surface area contributed by atoms with Crippen molar-refractivity contribution in [1.82, 2.24) is 15.0 Å². The molecule has 75 heavy (non-hydrogen) atoms. The van der Waals surface area contributed by atoms with Gasteiger partial charge in [-0.25, -0.2) is 4.98 Å². The summed E-state index contributed by atoms with van der Waals surface area (Å²) in [6.45, 7) is 4.71. The van der Waals surface area contributed by atoms with Gasteiger partial charge in [0.1, 0.15) is 0 Å². The molecule has 1 aliphatic carbocycles. The highest BCUT2D eigenvalue weighted by atomic mass is 14.7. The minimum absolute atomic E-state index is 0.220. The number of nitrogens with zero attached hydrogens (tertiary/aromatic N) is 3. The second-order valence-corrected chi connectivity index (χ2v) is 21.1. The van der Waals surface area contributed by atoms with Crippen LogP contribution in [0, 0.1) is 0 Å². The van der Waals surface area contributed by atoms with Crippen LogP contribution in [0.25, 0.3) is 154 Å². The number of pyridine rings is 3. The lowest BCUT2D eigenvalue weighted by atomic mass is 9.78. The van der Waals surface area contributed by atoms with E-state index in [1.165, 1.54) is 137 Å². The van der Waals surface area contributed by atoms with Crippen LogP contribution < -0.4 is 0 Å². The van der Waals surface area contributed by atoms with Crippen molar-refractivity contribution >= 4 is 75.5 Å². The van der Waals surface area contributed by atoms with E-state index >= 15 is 0 Å². The molecule has 0 unspecified atom stereocenters. The Morgan fingerprint density at radius 3 is 1.27 bits per heavy atom. The highest BCUT2D eigenvalue weighted by Crippen LogP contribution is 2.54. The lowest BCUT2D eigenvalue weighted by Gasteiger charge is -2.25. The molecule has 0 radical (unpaired) electrons. The number of hydrogen-bond acceptors (Lipinski definition) is 3. The van der Waals surface area contributed by atoms with Crippen LogP contribution in [0.1, 0.15) is 25.0 Å². The average Bonchev–Trinajstić information content (AvgIpc) is 3.77. The van der Waals surface area contributed by atoms with Crippen LogP contribution in [0.5, 0.6) is 0 Å². The van der Waals surface area contributed by atoms with Crippen molar-refractivity contribution in [2.24, 2.45) is 0 Å². The molecule has 348 valence electrons. The maximum absolute atomic E-state index is 5.35. The third-order valence-electron chi connectivity index (χ3n) is 16.7. The van der Waals surface area contributed by atoms with Crippen LogP contribution in [0.2, 0.25) is 0 Å². The van der Waals surface area contributed by atoms with Gasteiger partial charge in [-0.05, 0) is 168 Å². The van der Waals surface area contributed by atoms with Crippen LogP contribution >= 0.6 is 0 Å². The van der Waals surface area contributed by atoms with E-state index in [0.717, 1.165) is 27.9 Å². The third-order valence-corrected chi connectivity index (χ3v) is 16.7. The zero-order chi connectivity index (χ0) is 49.5. The fourth-order valence-electron chi connectivity index (χ4n) is 13.3. The summed E-state index contributed by atoms with van der Waals surface area (Å²) in [5.74, 6) is 0. The summed E-state index contributed by atoms with van der Waals surface area (Å²) in [5.41, 5.74) is 19.9. The van der Waals surface area contributed by atoms with Gasteiger partial charge in [0.25, 0.3) is 0 Å². The molecular formula is C72H45N3. The van der Waals surface area contributed by atoms with Crippen molar-refractivity contribution in [3.63, 3.8) is 0 Å². The molecule has 0 aliphatic heterocycles. The molecule has 12 aromatic carbocycles. The van der Waals surface area contributed by atoms with Crippen molar-refractivity contribution in [1.29, 1.82) is 0 Å². The van der Waals surface area contributed by atoms with E-state index in [9.17, 15) is 0 Å². The van der Waals surface area contributed by atoms with E-state index in [1.54, 1.807) is 0 Å². The molecule has 3 aromatic heterocycles. The van der Waals surface area contributed by atoms with Gasteiger partial charge in [-0.3, -0.25) is 9.97 Å². The Morgan fingerprint density at radius 1 is 0.320 bits per heavy atom. The Bertz CT molecular complexity index is 4610. The van der Waals surface area contributed by atoms with E-state index in [1.807, 2.05) is 36.9 Å². The molecule has 0 spiro atoms. The second kappa shape index (κ2) is 15.7. The summed E-state index contributed by atoms with van der Waals surface area (Å²) in [7, 11) is 0. The molecule has 0 saturated heterocycles. The number of aromatic nitrogens is 3. The van der Waals surface area contributed by atoms with Crippen LogP contribution in [0.4, 0.5) is 0 Å². The van der Waals surface area contributed by atoms with Crippen LogP contribution in [0.15, 0.2) is 237 Å². The summed E-state index contributed by atoms with van der Waals surface area (Å²) in [5, 5.41) is 16.3. The standard InChI is InChI=1S/C72H45N3/c1-72(2)63-13-5-3-11-61(63)71-70(72)69(62-12-4-6-14-64(62)75-71)47-17-15-42(16-18-47)50-37-51(55-29-21-45-23-31-57-53(48-9-7-35-73-40-48)27-19-43-25-33-59(55)67(45)65(43)57)39-52(38-50)56-30-22-46-24-32-58-54(49-10-8-36-74-41-49)28-20-44-26-34-60(56)68(46)66(44)58/h3-41H,1-2H3. The monoisotopic (exact) mass is 951 g/mol. The molecule has 1 aliphatic rings. The van der Waals surface area contributed by atoms with E-state index < -0.39 is 0 Å². The Morgan fingerprint density at radius 2 is 0.760 bits per heavy atom. The first-order valence-electron chi connectivity index (χ1n) is 26.0. The molecule has 0 amide bonds. The zero-order valence-electron chi connectivity index (χ0n) is 41.4. The third kappa shape index (κ3) is 6.13. The SMILES string of the molecule is CC1(C)c2ccccc2-c2nc3ccccc3c(-c3ccc(-c4cc(-c5ccc6ccc7c(-c8cccnc8)ccc8ccc5c6c87)cc(-c5ccc6ccc7c(-c8cccnc8)ccc8ccc5c6c87)c4)cc3)c21. The van der Waals surface area contributed by atoms with E-state index in [2.05, 4.69) is 224 Å². The molecule has 3 heterocycles. The van der Waals surface area contributed by atoms with Gasteiger partial charge in [-0.2, -0.15) is 0 Å². The molecule has 0 bridgehead atoms. The molecule has 3 nitrogen and oxygen atoms in total. The van der Waals surface area contributed by atoms with Crippen molar-refractivity contribution < 1.29 is 0 Å². The fraction of sp³-hybridized carbons (Fsp3) is 0.0417. The fourth-order valence-corrected chi connectivity index (χ4v) is 13.3. The Labute approximate surface area is 433 Å². The maximum atomic E-state index is 5.35. The molecule has 3 heteroatoms. The topological polar surface area (TPSA) is 38.7 Å². The summed E-state index contributed by atoms with van der Waals surface area (Å²) in [6.07, 6.45) is 7.64. The number of hydrogen-bond donors (Lipinski definition) is 0. The Kier molecular flexibility index (Phi) is 8.80. The number of para-hydroxylation sites is 1. The molecule has 0 atom stereocenters. The number of fused-ring (bicyclic) bond motifs is 4. The van der Waals surface area contributed by atoms with Crippen molar-refractivity contribution in [2.75, 3.05) is 0 Å². The highest BCUT2D eigenvalue weighted by molar-refractivity contribution is 6.29. The molecule has 0 fully saturated rings. The molecular weight excluding hydrogens is 907 g/mol. The Hall–Kier alpha value is -9.57. The van der Waals surface area contributed by atoms with Gasteiger partial charge >= 0.3 is 0 Å². The number of benzene rings is 12. The van der Waals surface area contributed by atoms with Crippen molar-refractivity contribution in [2.45, 2.75) is 19.3 Å². The van der Waals surface area contributed by atoms with Gasteiger partial charge in [0, 0.05) is 52.3 Å². The first-order valence-corrected chi connectivity index (χ1v) is 26.0. The predicted molar refractivity (Wildman–Crippen MR) is 315 cm³/mol. The summed E-state index contributed by atoms with van der Waals surface area (Å²) >= 11 is 0. The van der Waals surface area contributed by atoms with Crippen molar-refractivity contribution in [3.05, 3.63) is 248 Å². The van der Waals surface area contributed by atoms with E-state index in [-0.39, 0.29) is 5.41 Å². The highest BCUT2D eigenvalue weighted by Gasteiger charge is 2.39. The summed E-state index contributed by atoms with van der Waals surface area (Å²) in [6, 6.07) is 79.3. The summed E-state index contributed by atoms with van der Waals surface area (Å²) in [4.78, 5) is 14.4. The first kappa shape index (κ1) is 42.0. The molecule has 0 N–H and O–H groups in total. The van der Waals surface area contributed by atoms with E-state index in [4.69, 9.17) is 4.98 Å². The largest absolute Gasteiger partial charge is 0.264 e. The minimum Gasteiger partial charge on any atom is -0.264 e. The van der Waals surface area contributed by atoms with Gasteiger partial charge < -0.3 is 0 Å². The predicted octanol–water partition coefficient (Wildman–Crippen LogP) is 19.1. The normalized spacial score (nSPS) is 13.0. The average molecular weight is 952 g/mol. The van der Waals surface area contributed by atoms with Crippen molar-refractivity contribution in [3.8, 4) is 78.0 Å². The van der Waals surface area contributed by atoms with Gasteiger partial charge in [0.15, 0.2) is 0 Å². The maximum Gasteiger partial charge on any atom is 0.0759 e. The number of rotatable bonds is 6. The van der Waals surface area contributed by atoms with E-state index in [0.29, 0.717) is 0 Å². The van der Waals surface area contributed by atoms with Gasteiger partial charge in [-0.1, -0.05) is 190 Å². The lowest BCUT2D eigenvalue weighted by Crippen LogP contribution is -2.16. The van der Waals surface area contributed by atoms with Crippen LogP contribution in [-0.2, 0) is 5.41 Å². The quantitative estimate of drug-likeness (QED) is 0.156. The smallest absolute Gasteiger partial charge is 0.0759 e. The molecule has 16 rings (SSSR count). The molecule has 15 aromatic rings. The van der Waals surface area contributed by atoms with Gasteiger partial charge in [0.2, 0.25) is 0 Å². The second-order valence-electron chi connectivity index (χ2n) is 21.1. The van der Waals surface area contributed by atoms with Gasteiger partial charge in [-0.15, -0.1) is 0 Å². The van der Waals surface area contributed by atoms with Crippen LogP contribution in [-0.4, -0.2) is 15.0 Å². The van der Waals surface area contributed by atoms with Crippen LogP contribution in [0.3, 0.4) is 0 Å².